The second-order valence-corrected chi connectivity index (χ2v) is 7.94. The molecule has 4 nitrogen and oxygen atoms in total. The lowest BCUT2D eigenvalue weighted by atomic mass is 9.83. The molecule has 0 fully saturated rings. The van der Waals surface area contributed by atoms with Crippen LogP contribution in [0.25, 0.3) is 21.5 Å². The van der Waals surface area contributed by atoms with E-state index in [1.807, 2.05) is 18.2 Å². The molecule has 0 aliphatic heterocycles. The topological polar surface area (TPSA) is 52.6 Å². The Hall–Kier alpha value is -2.40. The average Bonchev–Trinajstić information content (AvgIpc) is 2.63. The van der Waals surface area contributed by atoms with Gasteiger partial charge < -0.3 is 9.47 Å². The number of carbonyl (C=O) groups excluding carboxylic acids is 2. The molecule has 0 saturated heterocycles. The molecule has 0 heterocycles. The zero-order valence-corrected chi connectivity index (χ0v) is 16.7. The molecule has 3 atom stereocenters. The first kappa shape index (κ1) is 18.0. The second kappa shape index (κ2) is 6.97. The number of alkyl halides is 1. The maximum atomic E-state index is 11.7. The van der Waals surface area contributed by atoms with Crippen molar-refractivity contribution >= 4 is 49.4 Å². The minimum Gasteiger partial charge on any atom is -0.458 e. The molecule has 0 aromatic heterocycles. The maximum Gasteiger partial charge on any atom is 0.303 e. The Bertz CT molecular complexity index is 1060. The van der Waals surface area contributed by atoms with E-state index in [0.29, 0.717) is 6.42 Å². The molecule has 0 unspecified atom stereocenters. The summed E-state index contributed by atoms with van der Waals surface area (Å²) in [5.74, 6) is -0.776. The van der Waals surface area contributed by atoms with Gasteiger partial charge in [0.15, 0.2) is 6.10 Å². The van der Waals surface area contributed by atoms with Gasteiger partial charge >= 0.3 is 11.9 Å². The zero-order valence-electron chi connectivity index (χ0n) is 15.1. The van der Waals surface area contributed by atoms with Gasteiger partial charge in [-0.05, 0) is 27.1 Å². The molecule has 4 rings (SSSR count). The van der Waals surface area contributed by atoms with Crippen LogP contribution in [0.2, 0.25) is 0 Å². The van der Waals surface area contributed by atoms with Crippen molar-refractivity contribution in [3.8, 4) is 0 Å². The number of hydrogen-bond donors (Lipinski definition) is 0. The third kappa shape index (κ3) is 3.21. The molecule has 0 radical (unpaired) electrons. The summed E-state index contributed by atoms with van der Waals surface area (Å²) in [6.07, 6.45) is -0.580. The number of esters is 2. The third-order valence-corrected chi connectivity index (χ3v) is 5.84. The Labute approximate surface area is 165 Å². The highest BCUT2D eigenvalue weighted by molar-refractivity contribution is 9.09. The Morgan fingerprint density at radius 3 is 2.33 bits per heavy atom. The minimum absolute atomic E-state index is 0.00600. The van der Waals surface area contributed by atoms with E-state index in [1.165, 1.54) is 24.6 Å². The predicted octanol–water partition coefficient (Wildman–Crippen LogP) is 5.37. The highest BCUT2D eigenvalue weighted by atomic mass is 79.9. The Morgan fingerprint density at radius 1 is 0.889 bits per heavy atom. The Balaban J connectivity index is 1.94. The van der Waals surface area contributed by atoms with Crippen LogP contribution in [0.15, 0.2) is 48.5 Å². The van der Waals surface area contributed by atoms with E-state index < -0.39 is 18.2 Å². The van der Waals surface area contributed by atoms with Crippen molar-refractivity contribution in [2.75, 3.05) is 0 Å². The predicted molar refractivity (Wildman–Crippen MR) is 108 cm³/mol. The summed E-state index contributed by atoms with van der Waals surface area (Å²) in [5.41, 5.74) is 1.97. The Morgan fingerprint density at radius 2 is 1.59 bits per heavy atom. The summed E-state index contributed by atoms with van der Waals surface area (Å²) < 4.78 is 11.0. The summed E-state index contributed by atoms with van der Waals surface area (Å²) in [7, 11) is 0. The lowest BCUT2D eigenvalue weighted by molar-refractivity contribution is -0.167. The fourth-order valence-electron chi connectivity index (χ4n) is 4.01. The van der Waals surface area contributed by atoms with Crippen LogP contribution in [0.1, 0.15) is 42.3 Å². The number of ether oxygens (including phenoxy) is 2. The van der Waals surface area contributed by atoms with E-state index >= 15 is 0 Å². The number of carbonyl (C=O) groups is 2. The fraction of sp³-hybridized carbons (Fsp3) is 0.273. The van der Waals surface area contributed by atoms with Crippen LogP contribution in [0.3, 0.4) is 0 Å². The van der Waals surface area contributed by atoms with E-state index in [4.69, 9.17) is 9.47 Å². The first-order valence-electron chi connectivity index (χ1n) is 8.88. The highest BCUT2D eigenvalue weighted by Gasteiger charge is 2.39. The lowest BCUT2D eigenvalue weighted by Gasteiger charge is -2.35. The summed E-state index contributed by atoms with van der Waals surface area (Å²) >= 11 is 3.76. The summed E-state index contributed by atoms with van der Waals surface area (Å²) in [4.78, 5) is 23.2. The van der Waals surface area contributed by atoms with Gasteiger partial charge in [-0.25, -0.2) is 0 Å². The largest absolute Gasteiger partial charge is 0.458 e. The molecule has 0 bridgehead atoms. The fourth-order valence-corrected chi connectivity index (χ4v) is 4.89. The molecule has 138 valence electrons. The molecule has 1 aliphatic rings. The molecular weight excluding hydrogens is 408 g/mol. The number of rotatable bonds is 2. The van der Waals surface area contributed by atoms with Crippen LogP contribution in [0.4, 0.5) is 0 Å². The number of hydrogen-bond acceptors (Lipinski definition) is 4. The van der Waals surface area contributed by atoms with Crippen molar-refractivity contribution < 1.29 is 19.1 Å². The lowest BCUT2D eigenvalue weighted by Crippen LogP contribution is -2.33. The van der Waals surface area contributed by atoms with E-state index in [9.17, 15) is 9.59 Å². The van der Waals surface area contributed by atoms with Gasteiger partial charge in [-0.15, -0.1) is 0 Å². The van der Waals surface area contributed by atoms with Gasteiger partial charge in [-0.3, -0.25) is 9.59 Å². The first-order valence-corrected chi connectivity index (χ1v) is 9.80. The van der Waals surface area contributed by atoms with Crippen LogP contribution in [-0.4, -0.2) is 18.0 Å². The van der Waals surface area contributed by atoms with Crippen molar-refractivity contribution in [1.82, 2.24) is 0 Å². The summed E-state index contributed by atoms with van der Waals surface area (Å²) in [6, 6.07) is 16.5. The van der Waals surface area contributed by atoms with Gasteiger partial charge in [0.2, 0.25) is 0 Å². The smallest absolute Gasteiger partial charge is 0.303 e. The van der Waals surface area contributed by atoms with Crippen LogP contribution >= 0.6 is 15.9 Å². The molecule has 3 aromatic carbocycles. The normalized spacial score (nSPS) is 21.7. The average molecular weight is 427 g/mol. The van der Waals surface area contributed by atoms with Gasteiger partial charge in [-0.1, -0.05) is 64.5 Å². The number of halogens is 1. The molecule has 0 saturated carbocycles. The van der Waals surface area contributed by atoms with Crippen molar-refractivity contribution in [2.45, 2.75) is 37.3 Å². The second-order valence-electron chi connectivity index (χ2n) is 6.83. The van der Waals surface area contributed by atoms with Gasteiger partial charge in [0, 0.05) is 30.7 Å². The summed E-state index contributed by atoms with van der Waals surface area (Å²) in [5, 5.41) is 4.64. The van der Waals surface area contributed by atoms with Gasteiger partial charge in [0.05, 0.1) is 0 Å². The molecule has 0 spiro atoms. The molecule has 5 heteroatoms. The van der Waals surface area contributed by atoms with Crippen LogP contribution in [0.5, 0.6) is 0 Å². The van der Waals surface area contributed by atoms with Crippen molar-refractivity contribution in [1.29, 1.82) is 0 Å². The quantitative estimate of drug-likeness (QED) is 0.314. The van der Waals surface area contributed by atoms with Crippen LogP contribution in [0, 0.1) is 0 Å². The van der Waals surface area contributed by atoms with Crippen molar-refractivity contribution in [2.24, 2.45) is 0 Å². The standard InChI is InChI=1S/C22H19BrO4/c1-12(24)26-20-11-19(23)21-17-8-7-14-5-3-4-6-15(14)16(17)9-10-18(21)22(20)27-13(2)25/h3-10,19-20,22H,11H2,1-2H3/t19-,20+,22-/m1/s1. The van der Waals surface area contributed by atoms with Crippen molar-refractivity contribution in [3.63, 3.8) is 0 Å². The molecule has 3 aromatic rings. The van der Waals surface area contributed by atoms with Crippen LogP contribution in [-0.2, 0) is 19.1 Å². The molecule has 1 aliphatic carbocycles. The monoisotopic (exact) mass is 426 g/mol. The van der Waals surface area contributed by atoms with Crippen LogP contribution < -0.4 is 0 Å². The Kier molecular flexibility index (Phi) is 4.64. The van der Waals surface area contributed by atoms with E-state index in [2.05, 4.69) is 46.3 Å². The number of fused-ring (bicyclic) bond motifs is 5. The highest BCUT2D eigenvalue weighted by Crippen LogP contribution is 2.47. The van der Waals surface area contributed by atoms with E-state index in [1.54, 1.807) is 0 Å². The molecule has 0 amide bonds. The third-order valence-electron chi connectivity index (χ3n) is 5.01. The van der Waals surface area contributed by atoms with E-state index in [-0.39, 0.29) is 10.8 Å². The van der Waals surface area contributed by atoms with Gasteiger partial charge in [0.1, 0.15) is 6.10 Å². The molecular formula is C22H19BrO4. The minimum atomic E-state index is -0.605. The van der Waals surface area contributed by atoms with Gasteiger partial charge in [0.25, 0.3) is 0 Å². The van der Waals surface area contributed by atoms with Gasteiger partial charge in [-0.2, -0.15) is 0 Å². The maximum absolute atomic E-state index is 11.7. The summed E-state index contributed by atoms with van der Waals surface area (Å²) in [6.45, 7) is 2.75. The number of benzene rings is 3. The SMILES string of the molecule is CC(=O)O[C@H]1C[C@@H](Br)c2c(ccc3c2ccc2ccccc23)[C@H]1OC(C)=O. The molecule has 27 heavy (non-hydrogen) atoms. The zero-order chi connectivity index (χ0) is 19.1. The molecule has 0 N–H and O–H groups in total. The first-order chi connectivity index (χ1) is 13.0. The van der Waals surface area contributed by atoms with E-state index in [0.717, 1.165) is 21.9 Å². The van der Waals surface area contributed by atoms with Crippen molar-refractivity contribution in [3.05, 3.63) is 59.7 Å².